The van der Waals surface area contributed by atoms with Gasteiger partial charge < -0.3 is 16.0 Å². The Morgan fingerprint density at radius 1 is 0.878 bits per heavy atom. The van der Waals surface area contributed by atoms with Crippen LogP contribution in [-0.2, 0) is 20.8 Å². The zero-order valence-electron chi connectivity index (χ0n) is 23.3. The Morgan fingerprint density at radius 3 is 2.39 bits per heavy atom. The third-order valence-corrected chi connectivity index (χ3v) is 7.64. The van der Waals surface area contributed by atoms with Crippen LogP contribution in [-0.4, -0.2) is 47.1 Å². The summed E-state index contributed by atoms with van der Waals surface area (Å²) in [6.07, 6.45) is 2.23. The molecule has 0 fully saturated rings. The van der Waals surface area contributed by atoms with Gasteiger partial charge in [0, 0.05) is 16.5 Å². The fourth-order valence-corrected chi connectivity index (χ4v) is 5.37. The van der Waals surface area contributed by atoms with E-state index in [9.17, 15) is 19.2 Å². The molecule has 0 aliphatic carbocycles. The number of Topliss-reactive ketones (excluding diaryl/α,β-unsaturated/α-hetero) is 1. The normalized spacial score (nSPS) is 12.5. The molecule has 9 heteroatoms. The number of hydrogen-bond acceptors (Lipinski definition) is 6. The molecule has 2 atom stereocenters. The summed E-state index contributed by atoms with van der Waals surface area (Å²) in [4.78, 5) is 56.2. The minimum absolute atomic E-state index is 0.102. The molecule has 41 heavy (non-hydrogen) atoms. The second-order valence-corrected chi connectivity index (χ2v) is 11.5. The third kappa shape index (κ3) is 8.31. The van der Waals surface area contributed by atoms with Crippen molar-refractivity contribution in [3.8, 4) is 11.3 Å². The van der Waals surface area contributed by atoms with E-state index in [0.29, 0.717) is 11.3 Å². The van der Waals surface area contributed by atoms with Crippen LogP contribution in [0, 0.1) is 5.92 Å². The molecule has 0 spiro atoms. The molecular formula is C32H34N4O4S. The molecule has 2 aromatic carbocycles. The van der Waals surface area contributed by atoms with Crippen molar-refractivity contribution in [3.05, 3.63) is 89.4 Å². The van der Waals surface area contributed by atoms with Crippen LogP contribution in [0.4, 0.5) is 0 Å². The first-order valence-electron chi connectivity index (χ1n) is 13.6. The molecule has 0 unspecified atom stereocenters. The molecular weight excluding hydrogens is 536 g/mol. The number of amides is 3. The van der Waals surface area contributed by atoms with Crippen LogP contribution in [0.25, 0.3) is 21.3 Å². The number of carbonyl (C=O) groups is 4. The number of aromatic nitrogens is 1. The highest BCUT2D eigenvalue weighted by Crippen LogP contribution is 2.25. The Morgan fingerprint density at radius 2 is 1.66 bits per heavy atom. The summed E-state index contributed by atoms with van der Waals surface area (Å²) in [5.41, 5.74) is 2.51. The van der Waals surface area contributed by atoms with Gasteiger partial charge in [0.05, 0.1) is 29.6 Å². The maximum Gasteiger partial charge on any atom is 0.262 e. The molecule has 0 bridgehead atoms. The molecule has 2 aromatic heterocycles. The SMILES string of the molecule is CC(C)C[C@H](NC(=O)c1cc2ccccc2s1)C(=O)NCC(=O)[C@H](C)NC(=O)Cc1cccc(-c2ccccn2)c1. The maximum atomic E-state index is 13.0. The fraction of sp³-hybridized carbons (Fsp3) is 0.281. The van der Waals surface area contributed by atoms with Crippen molar-refractivity contribution in [1.82, 2.24) is 20.9 Å². The Kier molecular flexibility index (Phi) is 9.97. The largest absolute Gasteiger partial charge is 0.347 e. The van der Waals surface area contributed by atoms with E-state index < -0.39 is 18.0 Å². The first-order valence-corrected chi connectivity index (χ1v) is 14.4. The monoisotopic (exact) mass is 570 g/mol. The van der Waals surface area contributed by atoms with Gasteiger partial charge in [-0.05, 0) is 60.5 Å². The first-order chi connectivity index (χ1) is 19.7. The van der Waals surface area contributed by atoms with Crippen molar-refractivity contribution in [2.24, 2.45) is 5.92 Å². The zero-order valence-corrected chi connectivity index (χ0v) is 24.2. The summed E-state index contributed by atoms with van der Waals surface area (Å²) in [7, 11) is 0. The van der Waals surface area contributed by atoms with Crippen LogP contribution >= 0.6 is 11.3 Å². The standard InChI is InChI=1S/C32H34N4O4S/c1-20(2)15-26(36-32(40)29-18-24-10-4-5-13-28(24)41-29)31(39)34-19-27(37)21(3)35-30(38)17-22-9-8-11-23(16-22)25-12-6-7-14-33-25/h4-14,16,18,20-21,26H,15,17,19H2,1-3H3,(H,34,39)(H,35,38)(H,36,40)/t21-,26-/m0/s1. The summed E-state index contributed by atoms with van der Waals surface area (Å²) in [6.45, 7) is 5.25. The van der Waals surface area contributed by atoms with Crippen LogP contribution in [0.3, 0.4) is 0 Å². The summed E-state index contributed by atoms with van der Waals surface area (Å²) >= 11 is 1.36. The predicted octanol–water partition coefficient (Wildman–Crippen LogP) is 4.54. The summed E-state index contributed by atoms with van der Waals surface area (Å²) in [6, 6.07) is 21.1. The van der Waals surface area contributed by atoms with Crippen LogP contribution < -0.4 is 16.0 Å². The van der Waals surface area contributed by atoms with Crippen LogP contribution in [0.5, 0.6) is 0 Å². The number of rotatable bonds is 12. The van der Waals surface area contributed by atoms with Gasteiger partial charge >= 0.3 is 0 Å². The molecule has 0 saturated carbocycles. The fourth-order valence-electron chi connectivity index (χ4n) is 4.41. The lowest BCUT2D eigenvalue weighted by atomic mass is 10.0. The Balaban J connectivity index is 1.29. The first kappa shape index (κ1) is 29.6. The number of pyridine rings is 1. The van der Waals surface area contributed by atoms with E-state index >= 15 is 0 Å². The van der Waals surface area contributed by atoms with Gasteiger partial charge in [-0.3, -0.25) is 24.2 Å². The predicted molar refractivity (Wildman–Crippen MR) is 162 cm³/mol. The molecule has 4 aromatic rings. The van der Waals surface area contributed by atoms with Crippen LogP contribution in [0.2, 0.25) is 0 Å². The molecule has 8 nitrogen and oxygen atoms in total. The molecule has 0 saturated heterocycles. The van der Waals surface area contributed by atoms with Gasteiger partial charge in [-0.1, -0.05) is 56.3 Å². The van der Waals surface area contributed by atoms with Gasteiger partial charge in [-0.25, -0.2) is 0 Å². The Bertz CT molecular complexity index is 1500. The van der Waals surface area contributed by atoms with E-state index in [1.807, 2.05) is 86.6 Å². The number of benzene rings is 2. The zero-order chi connectivity index (χ0) is 29.4. The quantitative estimate of drug-likeness (QED) is 0.231. The summed E-state index contributed by atoms with van der Waals surface area (Å²) < 4.78 is 0.991. The van der Waals surface area contributed by atoms with E-state index in [1.54, 1.807) is 13.1 Å². The second-order valence-electron chi connectivity index (χ2n) is 10.4. The molecule has 3 N–H and O–H groups in total. The number of fused-ring (bicyclic) bond motifs is 1. The average Bonchev–Trinajstić information content (AvgIpc) is 3.40. The molecule has 3 amide bonds. The Labute approximate surface area is 243 Å². The highest BCUT2D eigenvalue weighted by molar-refractivity contribution is 7.20. The molecule has 4 rings (SSSR count). The van der Waals surface area contributed by atoms with Crippen molar-refractivity contribution in [1.29, 1.82) is 0 Å². The van der Waals surface area contributed by atoms with E-state index in [4.69, 9.17) is 0 Å². The van der Waals surface area contributed by atoms with E-state index in [-0.39, 0.29) is 36.5 Å². The number of nitrogens with one attached hydrogen (secondary N) is 3. The van der Waals surface area contributed by atoms with Crippen molar-refractivity contribution in [2.75, 3.05) is 6.54 Å². The number of thiophene rings is 1. The van der Waals surface area contributed by atoms with Crippen LogP contribution in [0.15, 0.2) is 79.0 Å². The summed E-state index contributed by atoms with van der Waals surface area (Å²) in [5.74, 6) is -1.27. The van der Waals surface area contributed by atoms with E-state index in [2.05, 4.69) is 20.9 Å². The topological polar surface area (TPSA) is 117 Å². The highest BCUT2D eigenvalue weighted by Gasteiger charge is 2.25. The van der Waals surface area contributed by atoms with Crippen molar-refractivity contribution < 1.29 is 19.2 Å². The van der Waals surface area contributed by atoms with Gasteiger partial charge in [0.2, 0.25) is 11.8 Å². The Hall–Kier alpha value is -4.37. The van der Waals surface area contributed by atoms with Crippen LogP contribution in [0.1, 0.15) is 42.4 Å². The van der Waals surface area contributed by atoms with Crippen molar-refractivity contribution in [3.63, 3.8) is 0 Å². The lowest BCUT2D eigenvalue weighted by molar-refractivity contribution is -0.128. The molecule has 0 radical (unpaired) electrons. The minimum Gasteiger partial charge on any atom is -0.347 e. The van der Waals surface area contributed by atoms with Crippen molar-refractivity contribution >= 4 is 44.9 Å². The minimum atomic E-state index is -0.795. The molecule has 0 aliphatic rings. The lowest BCUT2D eigenvalue weighted by Crippen LogP contribution is -2.50. The number of carbonyl (C=O) groups excluding carboxylic acids is 4. The van der Waals surface area contributed by atoms with E-state index in [1.165, 1.54) is 11.3 Å². The second kappa shape index (κ2) is 13.8. The smallest absolute Gasteiger partial charge is 0.262 e. The van der Waals surface area contributed by atoms with Gasteiger partial charge in [-0.2, -0.15) is 0 Å². The number of nitrogens with zero attached hydrogens (tertiary/aromatic N) is 1. The van der Waals surface area contributed by atoms with Crippen molar-refractivity contribution in [2.45, 2.75) is 45.7 Å². The van der Waals surface area contributed by atoms with E-state index in [0.717, 1.165) is 26.9 Å². The third-order valence-electron chi connectivity index (χ3n) is 6.53. The lowest BCUT2D eigenvalue weighted by Gasteiger charge is -2.20. The van der Waals surface area contributed by atoms with Gasteiger partial charge in [0.1, 0.15) is 6.04 Å². The maximum absolute atomic E-state index is 13.0. The van der Waals surface area contributed by atoms with Gasteiger partial charge in [-0.15, -0.1) is 11.3 Å². The van der Waals surface area contributed by atoms with Gasteiger partial charge in [0.15, 0.2) is 5.78 Å². The molecule has 212 valence electrons. The van der Waals surface area contributed by atoms with Gasteiger partial charge in [0.25, 0.3) is 5.91 Å². The highest BCUT2D eigenvalue weighted by atomic mass is 32.1. The average molecular weight is 571 g/mol. The molecule has 0 aliphatic heterocycles. The number of hydrogen-bond donors (Lipinski definition) is 3. The molecule has 2 heterocycles. The number of ketones is 1. The summed E-state index contributed by atoms with van der Waals surface area (Å²) in [5, 5.41) is 9.15.